The zero-order valence-corrected chi connectivity index (χ0v) is 39.1. The molecular weight excluding hydrogens is 817 g/mol. The maximum absolute atomic E-state index is 13.5. The van der Waals surface area contributed by atoms with Crippen molar-refractivity contribution in [1.82, 2.24) is 24.9 Å². The molecule has 1 unspecified atom stereocenters. The second-order valence-electron chi connectivity index (χ2n) is 17.0. The quantitative estimate of drug-likeness (QED) is 0.218. The highest BCUT2D eigenvalue weighted by Crippen LogP contribution is 2.34. The van der Waals surface area contributed by atoms with Gasteiger partial charge in [0.15, 0.2) is 11.5 Å². The van der Waals surface area contributed by atoms with Crippen LogP contribution in [0.5, 0.6) is 11.5 Å². The standard InChI is InChI=1S/C45H56N6O6.C2H6OS.C2H6/c1-3-57-41-28-31(4-12-40(41)56-2)30-51-44(54)38-10-9-36(29-39(38)45(51)55)50-26-24-49(25-27-50)35-16-20-48(21-17-35)23-22-47-18-14-33(15-19-47)32-5-7-34(8-6-32)37-11-13-42(52)46-43(37)53;1-4(2)3;1-2/h4-10,12,28-29,33,35,37H,3,11,13-27,30H2,1-2H3,(H,46,52,53);1-2H3;1-2H3. The zero-order valence-electron chi connectivity index (χ0n) is 38.2. The van der Waals surface area contributed by atoms with Crippen molar-refractivity contribution in [1.29, 1.82) is 0 Å². The average molecular weight is 885 g/mol. The van der Waals surface area contributed by atoms with E-state index in [1.54, 1.807) is 19.6 Å². The number of ether oxygens (including phenoxy) is 2. The van der Waals surface area contributed by atoms with Gasteiger partial charge in [0.2, 0.25) is 11.8 Å². The van der Waals surface area contributed by atoms with Gasteiger partial charge in [-0.1, -0.05) is 44.2 Å². The third-order valence-electron chi connectivity index (χ3n) is 12.9. The van der Waals surface area contributed by atoms with Crippen LogP contribution in [0.1, 0.15) is 109 Å². The number of hydrogen-bond donors (Lipinski definition) is 1. The summed E-state index contributed by atoms with van der Waals surface area (Å²) in [4.78, 5) is 62.3. The molecule has 14 heteroatoms. The summed E-state index contributed by atoms with van der Waals surface area (Å²) in [6.07, 6.45) is 8.99. The number of carbonyl (C=O) groups is 4. The van der Waals surface area contributed by atoms with E-state index in [9.17, 15) is 23.4 Å². The van der Waals surface area contributed by atoms with Gasteiger partial charge in [0, 0.05) is 80.7 Å². The fourth-order valence-corrected chi connectivity index (χ4v) is 9.53. The minimum absolute atomic E-state index is 0.169. The molecule has 4 saturated heterocycles. The number of anilines is 1. The Morgan fingerprint density at radius 2 is 1.30 bits per heavy atom. The first-order valence-electron chi connectivity index (χ1n) is 22.9. The number of amides is 4. The van der Waals surface area contributed by atoms with Gasteiger partial charge in [-0.3, -0.25) is 38.5 Å². The predicted octanol–water partition coefficient (Wildman–Crippen LogP) is 5.90. The van der Waals surface area contributed by atoms with Crippen LogP contribution in [0.25, 0.3) is 0 Å². The molecule has 13 nitrogen and oxygen atoms in total. The summed E-state index contributed by atoms with van der Waals surface area (Å²) in [5.41, 5.74) is 5.12. The summed E-state index contributed by atoms with van der Waals surface area (Å²) < 4.78 is 20.7. The lowest BCUT2D eigenvalue weighted by molar-refractivity contribution is -0.134. The van der Waals surface area contributed by atoms with Crippen LogP contribution >= 0.6 is 0 Å². The molecule has 342 valence electrons. The fourth-order valence-electron chi connectivity index (χ4n) is 9.53. The van der Waals surface area contributed by atoms with E-state index < -0.39 is 10.8 Å². The largest absolute Gasteiger partial charge is 0.493 e. The molecule has 5 aliphatic heterocycles. The molecule has 1 N–H and O–H groups in total. The Morgan fingerprint density at radius 1 is 0.698 bits per heavy atom. The number of piperazine rings is 1. The molecule has 0 aromatic heterocycles. The number of carbonyl (C=O) groups excluding carboxylic acids is 4. The maximum atomic E-state index is 13.5. The van der Waals surface area contributed by atoms with E-state index in [-0.39, 0.29) is 36.1 Å². The Kier molecular flexibility index (Phi) is 17.3. The highest BCUT2D eigenvalue weighted by Gasteiger charge is 2.37. The fraction of sp³-hybridized carbons (Fsp3) is 0.551. The van der Waals surface area contributed by atoms with Crippen molar-refractivity contribution in [3.05, 3.63) is 88.5 Å². The van der Waals surface area contributed by atoms with Gasteiger partial charge in [0.05, 0.1) is 37.3 Å². The number of nitrogens with zero attached hydrogens (tertiary/aromatic N) is 5. The molecular formula is C49H68N6O7S. The Balaban J connectivity index is 0.00000104. The second-order valence-corrected chi connectivity index (χ2v) is 18.5. The number of benzene rings is 3. The van der Waals surface area contributed by atoms with E-state index in [2.05, 4.69) is 49.2 Å². The normalized spacial score (nSPS) is 20.5. The van der Waals surface area contributed by atoms with Crippen LogP contribution in [0, 0.1) is 0 Å². The molecule has 4 fully saturated rings. The highest BCUT2D eigenvalue weighted by atomic mass is 32.2. The first-order chi connectivity index (χ1) is 30.5. The lowest BCUT2D eigenvalue weighted by Gasteiger charge is -2.43. The van der Waals surface area contributed by atoms with E-state index >= 15 is 0 Å². The lowest BCUT2D eigenvalue weighted by atomic mass is 9.86. The van der Waals surface area contributed by atoms with Crippen LogP contribution in [0.4, 0.5) is 5.69 Å². The van der Waals surface area contributed by atoms with Gasteiger partial charge in [-0.05, 0) is 118 Å². The van der Waals surface area contributed by atoms with E-state index in [0.29, 0.717) is 54.0 Å². The molecule has 5 aliphatic rings. The molecule has 0 radical (unpaired) electrons. The smallest absolute Gasteiger partial charge is 0.261 e. The highest BCUT2D eigenvalue weighted by molar-refractivity contribution is 7.83. The van der Waals surface area contributed by atoms with Gasteiger partial charge in [-0.2, -0.15) is 0 Å². The summed E-state index contributed by atoms with van der Waals surface area (Å²) in [6, 6.07) is 20.4. The van der Waals surface area contributed by atoms with E-state index in [0.717, 1.165) is 95.1 Å². The van der Waals surface area contributed by atoms with Gasteiger partial charge in [-0.25, -0.2) is 0 Å². The molecule has 4 amide bonds. The van der Waals surface area contributed by atoms with Crippen molar-refractivity contribution in [2.45, 2.75) is 83.7 Å². The van der Waals surface area contributed by atoms with Crippen LogP contribution in [0.2, 0.25) is 0 Å². The third-order valence-corrected chi connectivity index (χ3v) is 12.9. The zero-order chi connectivity index (χ0) is 45.0. The molecule has 8 rings (SSSR count). The topological polar surface area (TPSA) is 132 Å². The average Bonchev–Trinajstić information content (AvgIpc) is 3.53. The van der Waals surface area contributed by atoms with Crippen molar-refractivity contribution in [3.63, 3.8) is 0 Å². The first kappa shape index (κ1) is 47.8. The molecule has 0 bridgehead atoms. The number of fused-ring (bicyclic) bond motifs is 1. The number of methoxy groups -OCH3 is 1. The molecule has 3 aromatic carbocycles. The molecule has 0 spiro atoms. The van der Waals surface area contributed by atoms with Crippen LogP contribution in [0.3, 0.4) is 0 Å². The molecule has 0 aliphatic carbocycles. The van der Waals surface area contributed by atoms with E-state index in [1.807, 2.05) is 57.2 Å². The molecule has 5 heterocycles. The Morgan fingerprint density at radius 3 is 1.90 bits per heavy atom. The van der Waals surface area contributed by atoms with Crippen LogP contribution < -0.4 is 19.7 Å². The van der Waals surface area contributed by atoms with Crippen LogP contribution in [-0.4, -0.2) is 145 Å². The van der Waals surface area contributed by atoms with Crippen molar-refractivity contribution >= 4 is 40.1 Å². The molecule has 0 saturated carbocycles. The molecule has 3 aromatic rings. The summed E-state index contributed by atoms with van der Waals surface area (Å²) in [5.74, 6) is 0.695. The minimum Gasteiger partial charge on any atom is -0.493 e. The van der Waals surface area contributed by atoms with Crippen molar-refractivity contribution in [2.75, 3.05) is 96.6 Å². The minimum atomic E-state index is -0.611. The Labute approximate surface area is 376 Å². The van der Waals surface area contributed by atoms with E-state index in [1.165, 1.54) is 23.3 Å². The lowest BCUT2D eigenvalue weighted by Crippen LogP contribution is -2.53. The first-order valence-corrected chi connectivity index (χ1v) is 24.9. The number of hydrogen-bond acceptors (Lipinski definition) is 11. The molecule has 1 atom stereocenters. The molecule has 63 heavy (non-hydrogen) atoms. The number of rotatable bonds is 12. The summed E-state index contributed by atoms with van der Waals surface area (Å²) in [7, 11) is 0.980. The van der Waals surface area contributed by atoms with E-state index in [4.69, 9.17) is 9.47 Å². The van der Waals surface area contributed by atoms with Crippen LogP contribution in [-0.2, 0) is 26.9 Å². The van der Waals surface area contributed by atoms with Gasteiger partial charge in [0.1, 0.15) is 0 Å². The van der Waals surface area contributed by atoms with Gasteiger partial charge < -0.3 is 24.2 Å². The summed E-state index contributed by atoms with van der Waals surface area (Å²) >= 11 is 0. The summed E-state index contributed by atoms with van der Waals surface area (Å²) in [5, 5.41) is 2.48. The van der Waals surface area contributed by atoms with Gasteiger partial charge >= 0.3 is 0 Å². The predicted molar refractivity (Wildman–Crippen MR) is 249 cm³/mol. The number of piperidine rings is 3. The number of likely N-dealkylation sites (tertiary alicyclic amines) is 2. The van der Waals surface area contributed by atoms with Gasteiger partial charge in [0.25, 0.3) is 11.8 Å². The van der Waals surface area contributed by atoms with Crippen molar-refractivity contribution in [2.24, 2.45) is 0 Å². The SMILES string of the molecule is CC.CCOc1cc(CN2C(=O)c3ccc(N4CCN(C5CCN(CCN6CCC(c7ccc(C8CCC(=O)NC8=O)cc7)CC6)CC5)CC4)cc3C2=O)ccc1OC.CS(C)=O. The third kappa shape index (κ3) is 12.1. The van der Waals surface area contributed by atoms with Crippen molar-refractivity contribution < 1.29 is 32.9 Å². The monoisotopic (exact) mass is 884 g/mol. The van der Waals surface area contributed by atoms with Crippen LogP contribution in [0.15, 0.2) is 60.7 Å². The second kappa shape index (κ2) is 22.8. The Hall–Kier alpha value is -4.63. The number of nitrogens with one attached hydrogen (secondary N) is 1. The summed E-state index contributed by atoms with van der Waals surface area (Å²) in [6.45, 7) is 17.1. The maximum Gasteiger partial charge on any atom is 0.261 e. The van der Waals surface area contributed by atoms with Crippen molar-refractivity contribution in [3.8, 4) is 11.5 Å². The number of imide groups is 2. The van der Waals surface area contributed by atoms with Gasteiger partial charge in [-0.15, -0.1) is 0 Å². The Bertz CT molecular complexity index is 2050.